The summed E-state index contributed by atoms with van der Waals surface area (Å²) in [7, 11) is 0. The van der Waals surface area contributed by atoms with Crippen molar-refractivity contribution >= 4 is 17.7 Å². The molecule has 1 amide bonds. The maximum absolute atomic E-state index is 11.4. The Kier molecular flexibility index (Phi) is 5.24. The smallest absolute Gasteiger partial charge is 0.426 e. The minimum atomic E-state index is -1.07. The number of anilines is 1. The number of carbonyl (C=O) groups excluding carboxylic acids is 1. The molecule has 0 aromatic heterocycles. The lowest BCUT2D eigenvalue weighted by atomic mass is 10.3. The Morgan fingerprint density at radius 3 is 2.61 bits per heavy atom. The lowest BCUT2D eigenvalue weighted by Crippen LogP contribution is -2.45. The molecule has 6 heteroatoms. The number of carboxylic acids is 1. The Balaban J connectivity index is 2.70. The van der Waals surface area contributed by atoms with Crippen LogP contribution in [0.4, 0.5) is 10.5 Å². The van der Waals surface area contributed by atoms with E-state index in [-0.39, 0.29) is 13.2 Å². The zero-order valence-electron chi connectivity index (χ0n) is 9.70. The van der Waals surface area contributed by atoms with Crippen LogP contribution in [-0.2, 0) is 9.53 Å². The second-order valence-corrected chi connectivity index (χ2v) is 3.31. The van der Waals surface area contributed by atoms with E-state index in [0.717, 1.165) is 0 Å². The maximum atomic E-state index is 11.4. The second-order valence-electron chi connectivity index (χ2n) is 3.31. The number of nitrogens with one attached hydrogen (secondary N) is 1. The molecular formula is C12H14N2O4. The van der Waals surface area contributed by atoms with E-state index in [9.17, 15) is 9.59 Å². The van der Waals surface area contributed by atoms with Crippen LogP contribution in [0.2, 0.25) is 0 Å². The van der Waals surface area contributed by atoms with E-state index in [1.807, 2.05) is 0 Å². The standard InChI is InChI=1S/C12H14N2O4/c1-2-8-18-12(17)13-14(9-11(15)16)10-6-4-3-5-7-10/h2-7H,1,8-9H2,(H,13,17)(H,15,16). The van der Waals surface area contributed by atoms with E-state index < -0.39 is 12.1 Å². The van der Waals surface area contributed by atoms with Gasteiger partial charge in [-0.05, 0) is 12.1 Å². The zero-order chi connectivity index (χ0) is 13.4. The molecule has 6 nitrogen and oxygen atoms in total. The summed E-state index contributed by atoms with van der Waals surface area (Å²) in [6, 6.07) is 8.62. The molecule has 0 radical (unpaired) electrons. The molecule has 0 saturated heterocycles. The third-order valence-electron chi connectivity index (χ3n) is 1.92. The van der Waals surface area contributed by atoms with Gasteiger partial charge in [0.1, 0.15) is 13.2 Å². The first-order valence-electron chi connectivity index (χ1n) is 5.22. The van der Waals surface area contributed by atoms with Crippen LogP contribution >= 0.6 is 0 Å². The number of amides is 1. The fourth-order valence-electron chi connectivity index (χ4n) is 1.22. The van der Waals surface area contributed by atoms with E-state index >= 15 is 0 Å². The summed E-state index contributed by atoms with van der Waals surface area (Å²) < 4.78 is 4.72. The molecule has 0 fully saturated rings. The van der Waals surface area contributed by atoms with E-state index in [0.29, 0.717) is 5.69 Å². The Morgan fingerprint density at radius 1 is 1.39 bits per heavy atom. The highest BCUT2D eigenvalue weighted by molar-refractivity contribution is 5.77. The summed E-state index contributed by atoms with van der Waals surface area (Å²) in [5.41, 5.74) is 2.89. The summed E-state index contributed by atoms with van der Waals surface area (Å²) >= 11 is 0. The highest BCUT2D eigenvalue weighted by Gasteiger charge is 2.13. The highest BCUT2D eigenvalue weighted by atomic mass is 16.6. The highest BCUT2D eigenvalue weighted by Crippen LogP contribution is 2.10. The number of aliphatic carboxylic acids is 1. The fourth-order valence-corrected chi connectivity index (χ4v) is 1.22. The summed E-state index contributed by atoms with van der Waals surface area (Å²) in [5.74, 6) is -1.07. The van der Waals surface area contributed by atoms with Gasteiger partial charge in [0.25, 0.3) is 0 Å². The minimum Gasteiger partial charge on any atom is -0.480 e. The van der Waals surface area contributed by atoms with Crippen molar-refractivity contribution < 1.29 is 19.4 Å². The zero-order valence-corrected chi connectivity index (χ0v) is 9.70. The van der Waals surface area contributed by atoms with Crippen molar-refractivity contribution in [2.45, 2.75) is 0 Å². The van der Waals surface area contributed by atoms with Gasteiger partial charge in [0.05, 0.1) is 5.69 Å². The first kappa shape index (κ1) is 13.6. The molecule has 0 aliphatic rings. The van der Waals surface area contributed by atoms with Crippen molar-refractivity contribution in [2.75, 3.05) is 18.2 Å². The van der Waals surface area contributed by atoms with Crippen molar-refractivity contribution in [3.63, 3.8) is 0 Å². The molecule has 0 heterocycles. The van der Waals surface area contributed by atoms with Crippen LogP contribution in [0, 0.1) is 0 Å². The number of hydrazine groups is 1. The Hall–Kier alpha value is -2.50. The van der Waals surface area contributed by atoms with Gasteiger partial charge in [0, 0.05) is 0 Å². The average Bonchev–Trinajstić information content (AvgIpc) is 2.36. The van der Waals surface area contributed by atoms with Gasteiger partial charge in [-0.1, -0.05) is 30.9 Å². The van der Waals surface area contributed by atoms with Crippen LogP contribution in [0.25, 0.3) is 0 Å². The van der Waals surface area contributed by atoms with Gasteiger partial charge < -0.3 is 9.84 Å². The topological polar surface area (TPSA) is 78.9 Å². The molecule has 2 N–H and O–H groups in total. The summed E-state index contributed by atoms with van der Waals surface area (Å²) in [4.78, 5) is 22.1. The predicted octanol–water partition coefficient (Wildman–Crippen LogP) is 1.40. The van der Waals surface area contributed by atoms with Crippen LogP contribution in [0.1, 0.15) is 0 Å². The molecule has 0 bridgehead atoms. The number of carbonyl (C=O) groups is 2. The largest absolute Gasteiger partial charge is 0.480 e. The minimum absolute atomic E-state index is 0.0571. The molecular weight excluding hydrogens is 236 g/mol. The lowest BCUT2D eigenvalue weighted by molar-refractivity contribution is -0.135. The Bertz CT molecular complexity index is 419. The van der Waals surface area contributed by atoms with E-state index in [2.05, 4.69) is 12.0 Å². The van der Waals surface area contributed by atoms with E-state index in [1.54, 1.807) is 30.3 Å². The maximum Gasteiger partial charge on any atom is 0.426 e. The third-order valence-corrected chi connectivity index (χ3v) is 1.92. The number of hydrogen-bond donors (Lipinski definition) is 2. The van der Waals surface area contributed by atoms with Gasteiger partial charge >= 0.3 is 12.1 Å². The van der Waals surface area contributed by atoms with E-state index in [1.165, 1.54) is 11.1 Å². The molecule has 0 saturated carbocycles. The molecule has 1 aromatic carbocycles. The number of benzene rings is 1. The van der Waals surface area contributed by atoms with Crippen LogP contribution in [0.15, 0.2) is 43.0 Å². The number of nitrogens with zero attached hydrogens (tertiary/aromatic N) is 1. The first-order valence-corrected chi connectivity index (χ1v) is 5.22. The molecule has 0 spiro atoms. The number of ether oxygens (including phenoxy) is 1. The van der Waals surface area contributed by atoms with Crippen molar-refractivity contribution in [3.8, 4) is 0 Å². The van der Waals surface area contributed by atoms with Crippen LogP contribution in [0.3, 0.4) is 0 Å². The molecule has 0 aliphatic carbocycles. The number of para-hydroxylation sites is 1. The predicted molar refractivity (Wildman–Crippen MR) is 66.1 cm³/mol. The van der Waals surface area contributed by atoms with Crippen molar-refractivity contribution in [2.24, 2.45) is 0 Å². The summed E-state index contributed by atoms with van der Waals surface area (Å²) in [6.45, 7) is 3.09. The van der Waals surface area contributed by atoms with Crippen LogP contribution in [-0.4, -0.2) is 30.3 Å². The molecule has 96 valence electrons. The number of rotatable bonds is 6. The number of hydrogen-bond acceptors (Lipinski definition) is 4. The molecule has 18 heavy (non-hydrogen) atoms. The first-order chi connectivity index (χ1) is 8.63. The second kappa shape index (κ2) is 6.95. The molecule has 0 atom stereocenters. The van der Waals surface area contributed by atoms with Crippen molar-refractivity contribution in [1.29, 1.82) is 0 Å². The average molecular weight is 250 g/mol. The molecule has 1 aromatic rings. The van der Waals surface area contributed by atoms with Crippen LogP contribution in [0.5, 0.6) is 0 Å². The summed E-state index contributed by atoms with van der Waals surface area (Å²) in [5, 5.41) is 9.97. The van der Waals surface area contributed by atoms with Gasteiger partial charge in [0.15, 0.2) is 0 Å². The lowest BCUT2D eigenvalue weighted by Gasteiger charge is -2.22. The van der Waals surface area contributed by atoms with Crippen LogP contribution < -0.4 is 10.4 Å². The summed E-state index contributed by atoms with van der Waals surface area (Å²) in [6.07, 6.45) is 0.684. The Labute approximate surface area is 104 Å². The fraction of sp³-hybridized carbons (Fsp3) is 0.167. The molecule has 1 rings (SSSR count). The van der Waals surface area contributed by atoms with Gasteiger partial charge in [-0.15, -0.1) is 0 Å². The van der Waals surface area contributed by atoms with Gasteiger partial charge in [-0.25, -0.2) is 10.2 Å². The molecule has 0 aliphatic heterocycles. The Morgan fingerprint density at radius 2 is 2.06 bits per heavy atom. The quantitative estimate of drug-likeness (QED) is 0.589. The monoisotopic (exact) mass is 250 g/mol. The van der Waals surface area contributed by atoms with Gasteiger partial charge in [0.2, 0.25) is 0 Å². The molecule has 0 unspecified atom stereocenters. The van der Waals surface area contributed by atoms with Gasteiger partial charge in [-0.3, -0.25) is 9.80 Å². The van der Waals surface area contributed by atoms with Gasteiger partial charge in [-0.2, -0.15) is 0 Å². The normalized spacial score (nSPS) is 9.33. The third kappa shape index (κ3) is 4.56. The SMILES string of the molecule is C=CCOC(=O)NN(CC(=O)O)c1ccccc1. The van der Waals surface area contributed by atoms with Crippen molar-refractivity contribution in [3.05, 3.63) is 43.0 Å². The van der Waals surface area contributed by atoms with E-state index in [4.69, 9.17) is 9.84 Å². The van der Waals surface area contributed by atoms with Crippen molar-refractivity contribution in [1.82, 2.24) is 5.43 Å². The number of carboxylic acid groups (broad SMARTS) is 1.